The molecular formula is C24H26F5N5O5. The minimum Gasteiger partial charge on any atom is -0.493 e. The number of nitrogens with zero attached hydrogens (tertiary/aromatic N) is 2. The van der Waals surface area contributed by atoms with Crippen LogP contribution >= 0.6 is 0 Å². The van der Waals surface area contributed by atoms with Crippen molar-refractivity contribution in [3.63, 3.8) is 0 Å². The van der Waals surface area contributed by atoms with Gasteiger partial charge in [-0.2, -0.15) is 4.39 Å². The molecule has 2 unspecified atom stereocenters. The molecule has 0 spiro atoms. The summed E-state index contributed by atoms with van der Waals surface area (Å²) >= 11 is 0. The van der Waals surface area contributed by atoms with E-state index in [1.165, 1.54) is 6.07 Å². The van der Waals surface area contributed by atoms with Crippen molar-refractivity contribution >= 4 is 28.7 Å². The number of halogens is 5. The average molecular weight is 559 g/mol. The summed E-state index contributed by atoms with van der Waals surface area (Å²) in [5.74, 6) is -7.50. The van der Waals surface area contributed by atoms with Crippen molar-refractivity contribution in [3.8, 4) is 5.75 Å². The number of imidazole rings is 1. The van der Waals surface area contributed by atoms with Gasteiger partial charge in [-0.05, 0) is 12.0 Å². The van der Waals surface area contributed by atoms with Gasteiger partial charge in [0.15, 0.2) is 17.3 Å². The summed E-state index contributed by atoms with van der Waals surface area (Å²) in [6, 6.07) is 3.07. The van der Waals surface area contributed by atoms with E-state index in [1.807, 2.05) is 0 Å². The van der Waals surface area contributed by atoms with E-state index < -0.39 is 71.6 Å². The molecule has 1 aromatic carbocycles. The molecule has 3 atom stereocenters. The Labute approximate surface area is 218 Å². The highest BCUT2D eigenvalue weighted by atomic mass is 19.4. The molecule has 0 bridgehead atoms. The van der Waals surface area contributed by atoms with Crippen molar-refractivity contribution in [2.24, 2.45) is 11.7 Å². The number of anilines is 1. The first kappa shape index (κ1) is 29.7. The molecule has 3 rings (SSSR count). The zero-order chi connectivity index (χ0) is 29.1. The number of nitrogens with two attached hydrogens (primary N) is 1. The van der Waals surface area contributed by atoms with E-state index in [0.29, 0.717) is 6.42 Å². The Kier molecular flexibility index (Phi) is 9.07. The lowest BCUT2D eigenvalue weighted by atomic mass is 9.80. The molecule has 0 aliphatic rings. The fraction of sp³-hybridized carbons (Fsp3) is 0.417. The van der Waals surface area contributed by atoms with E-state index in [0.717, 1.165) is 19.2 Å². The predicted molar refractivity (Wildman–Crippen MR) is 128 cm³/mol. The second kappa shape index (κ2) is 11.9. The van der Waals surface area contributed by atoms with E-state index in [2.05, 4.69) is 25.0 Å². The van der Waals surface area contributed by atoms with Crippen LogP contribution in [-0.2, 0) is 9.53 Å². The van der Waals surface area contributed by atoms with Gasteiger partial charge in [0, 0.05) is 17.5 Å². The molecule has 2 aromatic heterocycles. The maximum absolute atomic E-state index is 14.6. The number of hydrogen-bond acceptors (Lipinski definition) is 7. The van der Waals surface area contributed by atoms with Crippen LogP contribution in [0.15, 0.2) is 18.2 Å². The number of amides is 2. The van der Waals surface area contributed by atoms with E-state index in [-0.39, 0.29) is 28.8 Å². The number of carbonyl (C=O) groups excluding carboxylic acids is 2. The van der Waals surface area contributed by atoms with E-state index in [9.17, 15) is 31.5 Å². The molecule has 212 valence electrons. The lowest BCUT2D eigenvalue weighted by molar-refractivity contribution is -0.349. The maximum atomic E-state index is 14.6. The number of aromatic nitrogens is 3. The summed E-state index contributed by atoms with van der Waals surface area (Å²) in [6.45, 7) is 2.81. The van der Waals surface area contributed by atoms with Gasteiger partial charge in [-0.1, -0.05) is 26.3 Å². The molecule has 0 radical (unpaired) electrons. The summed E-state index contributed by atoms with van der Waals surface area (Å²) in [6.07, 6.45) is -7.15. The Bertz CT molecular complexity index is 1360. The fourth-order valence-corrected chi connectivity index (χ4v) is 4.19. The normalized spacial score (nSPS) is 14.2. The first-order valence-corrected chi connectivity index (χ1v) is 11.7. The number of aliphatic hydroxyl groups is 1. The van der Waals surface area contributed by atoms with Crippen LogP contribution in [0.1, 0.15) is 60.6 Å². The van der Waals surface area contributed by atoms with Crippen molar-refractivity contribution in [1.82, 2.24) is 15.0 Å². The third-order valence-electron chi connectivity index (χ3n) is 6.08. The minimum atomic E-state index is -5.20. The number of ether oxygens (including phenoxy) is 2. The molecule has 15 heteroatoms. The monoisotopic (exact) mass is 559 g/mol. The largest absolute Gasteiger partial charge is 0.523 e. The third kappa shape index (κ3) is 6.60. The van der Waals surface area contributed by atoms with Crippen molar-refractivity contribution in [1.29, 1.82) is 0 Å². The number of aromatic amines is 1. The van der Waals surface area contributed by atoms with Crippen LogP contribution in [0.3, 0.4) is 0 Å². The third-order valence-corrected chi connectivity index (χ3v) is 6.08. The van der Waals surface area contributed by atoms with Gasteiger partial charge >= 0.3 is 6.36 Å². The number of aliphatic hydroxyl groups excluding tert-OH is 1. The van der Waals surface area contributed by atoms with Gasteiger partial charge in [-0.25, -0.2) is 14.4 Å². The molecule has 2 heterocycles. The number of pyridine rings is 1. The van der Waals surface area contributed by atoms with Crippen LogP contribution in [0.25, 0.3) is 11.0 Å². The lowest BCUT2D eigenvalue weighted by Crippen LogP contribution is -2.28. The zero-order valence-electron chi connectivity index (χ0n) is 21.0. The highest BCUT2D eigenvalue weighted by Gasteiger charge is 2.43. The van der Waals surface area contributed by atoms with Crippen LogP contribution < -0.4 is 15.8 Å². The number of alkyl halides is 3. The first-order valence-electron chi connectivity index (χ1n) is 11.7. The van der Waals surface area contributed by atoms with Gasteiger partial charge in [-0.15, -0.1) is 13.2 Å². The lowest BCUT2D eigenvalue weighted by Gasteiger charge is -2.32. The number of methoxy groups -OCH3 is 1. The van der Waals surface area contributed by atoms with Crippen molar-refractivity contribution < 1.29 is 46.1 Å². The molecule has 2 amide bonds. The zero-order valence-corrected chi connectivity index (χ0v) is 21.0. The van der Waals surface area contributed by atoms with Crippen LogP contribution in [0.4, 0.5) is 27.8 Å². The van der Waals surface area contributed by atoms with Crippen molar-refractivity contribution in [2.45, 2.75) is 45.1 Å². The first-order chi connectivity index (χ1) is 18.3. The Balaban J connectivity index is 2.26. The van der Waals surface area contributed by atoms with Gasteiger partial charge in [-0.3, -0.25) is 14.3 Å². The molecule has 3 aromatic rings. The Hall–Kier alpha value is -3.85. The number of fused-ring (bicyclic) bond motifs is 1. The minimum absolute atomic E-state index is 0.0240. The number of benzene rings is 1. The fourth-order valence-electron chi connectivity index (χ4n) is 4.19. The number of H-pyrrole nitrogens is 1. The topological polar surface area (TPSA) is 152 Å². The van der Waals surface area contributed by atoms with Crippen molar-refractivity contribution in [2.75, 3.05) is 19.0 Å². The van der Waals surface area contributed by atoms with Gasteiger partial charge in [0.2, 0.25) is 11.7 Å². The molecule has 0 fully saturated rings. The molecule has 10 nitrogen and oxygen atoms in total. The molecule has 0 aliphatic carbocycles. The molecule has 0 saturated heterocycles. The second-order valence-electron chi connectivity index (χ2n) is 8.64. The number of rotatable bonds is 11. The SMILES string of the molecule is CCC(C)C(c1ccc(F)c(F)c1OC)[C@@H](OC(F)(F)F)c1nc2c(C(N)=O)nc(NC(=O)CCO)cc2[nH]1. The highest BCUT2D eigenvalue weighted by Crippen LogP contribution is 2.47. The van der Waals surface area contributed by atoms with Gasteiger partial charge in [0.1, 0.15) is 23.3 Å². The smallest absolute Gasteiger partial charge is 0.493 e. The number of hydrogen-bond donors (Lipinski definition) is 4. The van der Waals surface area contributed by atoms with E-state index in [1.54, 1.807) is 13.8 Å². The van der Waals surface area contributed by atoms with Gasteiger partial charge in [0.25, 0.3) is 5.91 Å². The summed E-state index contributed by atoms with van der Waals surface area (Å²) in [5, 5.41) is 11.3. The summed E-state index contributed by atoms with van der Waals surface area (Å²) in [7, 11) is 1.05. The number of primary amides is 1. The van der Waals surface area contributed by atoms with Crippen LogP contribution in [0.5, 0.6) is 5.75 Å². The van der Waals surface area contributed by atoms with Crippen LogP contribution in [0.2, 0.25) is 0 Å². The molecular weight excluding hydrogens is 533 g/mol. The Morgan fingerprint density at radius 3 is 2.49 bits per heavy atom. The highest BCUT2D eigenvalue weighted by molar-refractivity contribution is 6.04. The second-order valence-corrected chi connectivity index (χ2v) is 8.64. The van der Waals surface area contributed by atoms with E-state index in [4.69, 9.17) is 15.6 Å². The van der Waals surface area contributed by atoms with Crippen LogP contribution in [-0.4, -0.2) is 52.0 Å². The standard InChI is InChI=1S/C24H26F5N5O5/c1-4-10(2)16(11-5-6-12(25)17(26)20(11)38-3)21(39-24(27,28)29)23-31-13-9-14(32-15(36)7-8-35)33-19(22(30)37)18(13)34-23/h5-6,9-10,16,21,35H,4,7-8H2,1-3H3,(H2,30,37)(H,31,34)(H,32,33,36)/t10?,16?,21-/m1/s1. The predicted octanol–water partition coefficient (Wildman–Crippen LogP) is 4.07. The summed E-state index contributed by atoms with van der Waals surface area (Å²) in [4.78, 5) is 34.7. The van der Waals surface area contributed by atoms with E-state index >= 15 is 0 Å². The van der Waals surface area contributed by atoms with Gasteiger partial charge < -0.3 is 25.9 Å². The summed E-state index contributed by atoms with van der Waals surface area (Å²) in [5.41, 5.74) is 4.59. The molecule has 39 heavy (non-hydrogen) atoms. The molecule has 5 N–H and O–H groups in total. The average Bonchev–Trinajstić information content (AvgIpc) is 3.28. The maximum Gasteiger partial charge on any atom is 0.523 e. The Morgan fingerprint density at radius 2 is 1.92 bits per heavy atom. The molecule has 0 aliphatic heterocycles. The molecule has 0 saturated carbocycles. The van der Waals surface area contributed by atoms with Crippen LogP contribution in [0, 0.1) is 17.6 Å². The van der Waals surface area contributed by atoms with Gasteiger partial charge in [0.05, 0.1) is 25.7 Å². The van der Waals surface area contributed by atoms with Crippen molar-refractivity contribution in [3.05, 3.63) is 46.9 Å². The number of carbonyl (C=O) groups is 2. The quantitative estimate of drug-likeness (QED) is 0.258. The number of nitrogens with one attached hydrogen (secondary N) is 2. The Morgan fingerprint density at radius 1 is 1.23 bits per heavy atom. The summed E-state index contributed by atoms with van der Waals surface area (Å²) < 4.78 is 79.2.